The van der Waals surface area contributed by atoms with E-state index < -0.39 is 0 Å². The van der Waals surface area contributed by atoms with Gasteiger partial charge in [-0.2, -0.15) is 4.79 Å². The molecule has 0 heterocycles. The molecule has 4 heteroatoms. The molecule has 72 valence electrons. The van der Waals surface area contributed by atoms with E-state index in [4.69, 9.17) is 10.3 Å². The number of benzene rings is 1. The molecule has 0 bridgehead atoms. The normalized spacial score (nSPS) is 9.00. The molecule has 4 nitrogen and oxygen atoms in total. The number of ether oxygens (including phenoxy) is 1. The van der Waals surface area contributed by atoms with Crippen LogP contribution in [0.2, 0.25) is 0 Å². The van der Waals surface area contributed by atoms with Crippen LogP contribution in [0.3, 0.4) is 0 Å². The number of rotatable bonds is 3. The van der Waals surface area contributed by atoms with Crippen LogP contribution in [0, 0.1) is 0 Å². The molecule has 0 radical (unpaired) electrons. The van der Waals surface area contributed by atoms with Crippen molar-refractivity contribution in [3.8, 4) is 5.75 Å². The highest BCUT2D eigenvalue weighted by atomic mass is 16.5. The molecule has 0 saturated heterocycles. The van der Waals surface area contributed by atoms with Gasteiger partial charge in [0.05, 0.1) is 12.7 Å². The van der Waals surface area contributed by atoms with Crippen LogP contribution in [0.1, 0.15) is 12.5 Å². The first kappa shape index (κ1) is 10.2. The topological polar surface area (TPSA) is 62.7 Å². The van der Waals surface area contributed by atoms with Crippen molar-refractivity contribution in [3.63, 3.8) is 0 Å². The van der Waals surface area contributed by atoms with Gasteiger partial charge < -0.3 is 10.3 Å². The second-order valence-corrected chi connectivity index (χ2v) is 2.73. The molecule has 0 aliphatic heterocycles. The van der Waals surface area contributed by atoms with E-state index >= 15 is 0 Å². The maximum atomic E-state index is 11.0. The lowest BCUT2D eigenvalue weighted by Crippen LogP contribution is -2.12. The molecule has 0 aliphatic rings. The van der Waals surface area contributed by atoms with E-state index in [1.54, 1.807) is 31.4 Å². The van der Waals surface area contributed by atoms with Crippen LogP contribution in [-0.2, 0) is 4.79 Å². The van der Waals surface area contributed by atoms with Crippen LogP contribution < -0.4 is 4.74 Å². The smallest absolute Gasteiger partial charge is 0.364 e. The number of methoxy groups -OCH3 is 1. The van der Waals surface area contributed by atoms with Gasteiger partial charge in [0.25, 0.3) is 0 Å². The number of nitrogens with zero attached hydrogens (tertiary/aromatic N) is 2. The zero-order valence-corrected chi connectivity index (χ0v) is 8.02. The van der Waals surface area contributed by atoms with Gasteiger partial charge in [-0.3, -0.25) is 4.79 Å². The first-order valence-corrected chi connectivity index (χ1v) is 4.06. The van der Waals surface area contributed by atoms with E-state index in [0.29, 0.717) is 11.3 Å². The predicted octanol–water partition coefficient (Wildman–Crippen LogP) is 1.30. The Kier molecular flexibility index (Phi) is 3.15. The van der Waals surface area contributed by atoms with Gasteiger partial charge in [0, 0.05) is 6.92 Å². The van der Waals surface area contributed by atoms with Crippen LogP contribution in [0.25, 0.3) is 5.53 Å². The van der Waals surface area contributed by atoms with Gasteiger partial charge in [0.2, 0.25) is 5.78 Å². The molecule has 0 amide bonds. The molecule has 0 atom stereocenters. The molecule has 0 unspecified atom stereocenters. The Balaban J connectivity index is 3.08. The van der Waals surface area contributed by atoms with Crippen LogP contribution in [0.15, 0.2) is 24.3 Å². The first-order chi connectivity index (χ1) is 6.69. The summed E-state index contributed by atoms with van der Waals surface area (Å²) in [6.45, 7) is 1.35. The van der Waals surface area contributed by atoms with Gasteiger partial charge in [-0.05, 0) is 24.3 Å². The van der Waals surface area contributed by atoms with Gasteiger partial charge in [0.15, 0.2) is 0 Å². The van der Waals surface area contributed by atoms with Crippen molar-refractivity contribution in [1.82, 2.24) is 0 Å². The molecule has 0 aliphatic carbocycles. The summed E-state index contributed by atoms with van der Waals surface area (Å²) in [5.41, 5.74) is 9.23. The maximum absolute atomic E-state index is 11.0. The summed E-state index contributed by atoms with van der Waals surface area (Å²) >= 11 is 0. The fourth-order valence-electron chi connectivity index (χ4n) is 1.08. The van der Waals surface area contributed by atoms with Crippen LogP contribution in [-0.4, -0.2) is 23.4 Å². The highest BCUT2D eigenvalue weighted by molar-refractivity contribution is 6.43. The lowest BCUT2D eigenvalue weighted by molar-refractivity contribution is -0.115. The van der Waals surface area contributed by atoms with Gasteiger partial charge in [0.1, 0.15) is 5.75 Å². The molecule has 0 aromatic heterocycles. The Morgan fingerprint density at radius 1 is 1.36 bits per heavy atom. The average molecular weight is 190 g/mol. The third-order valence-electron chi connectivity index (χ3n) is 1.80. The SMILES string of the molecule is COc1ccc(C(=[N+]=[N-])C(C)=O)cc1. The van der Waals surface area contributed by atoms with Gasteiger partial charge in [-0.15, -0.1) is 0 Å². The second kappa shape index (κ2) is 4.35. The highest BCUT2D eigenvalue weighted by Crippen LogP contribution is 2.11. The third kappa shape index (κ3) is 2.06. The number of carbonyl (C=O) groups excluding carboxylic acids is 1. The minimum absolute atomic E-state index is 0.0488. The molecular weight excluding hydrogens is 180 g/mol. The zero-order valence-electron chi connectivity index (χ0n) is 8.02. The molecule has 1 rings (SSSR count). The van der Waals surface area contributed by atoms with Crippen molar-refractivity contribution in [3.05, 3.63) is 35.4 Å². The summed E-state index contributed by atoms with van der Waals surface area (Å²) in [5.74, 6) is 0.409. The summed E-state index contributed by atoms with van der Waals surface area (Å²) in [6, 6.07) is 6.72. The Morgan fingerprint density at radius 2 is 1.93 bits per heavy atom. The number of Topliss-reactive ketones (excluding diaryl/α,β-unsaturated/α-hetero) is 1. The first-order valence-electron chi connectivity index (χ1n) is 4.06. The fourth-order valence-corrected chi connectivity index (χ4v) is 1.08. The number of hydrogen-bond acceptors (Lipinski definition) is 2. The van der Waals surface area contributed by atoms with Crippen molar-refractivity contribution in [2.75, 3.05) is 7.11 Å². The van der Waals surface area contributed by atoms with E-state index in [-0.39, 0.29) is 11.5 Å². The molecule has 0 N–H and O–H groups in total. The molecule has 14 heavy (non-hydrogen) atoms. The third-order valence-corrected chi connectivity index (χ3v) is 1.80. The van der Waals surface area contributed by atoms with Crippen molar-refractivity contribution in [1.29, 1.82) is 0 Å². The van der Waals surface area contributed by atoms with E-state index in [9.17, 15) is 4.79 Å². The van der Waals surface area contributed by atoms with Crippen molar-refractivity contribution in [2.24, 2.45) is 0 Å². The Labute approximate surface area is 81.7 Å². The van der Waals surface area contributed by atoms with Crippen molar-refractivity contribution < 1.29 is 14.3 Å². The Morgan fingerprint density at radius 3 is 2.29 bits per heavy atom. The van der Waals surface area contributed by atoms with Crippen LogP contribution >= 0.6 is 0 Å². The second-order valence-electron chi connectivity index (χ2n) is 2.73. The van der Waals surface area contributed by atoms with Gasteiger partial charge >= 0.3 is 5.71 Å². The van der Waals surface area contributed by atoms with Crippen molar-refractivity contribution in [2.45, 2.75) is 6.92 Å². The minimum Gasteiger partial charge on any atom is -0.497 e. The minimum atomic E-state index is -0.280. The lowest BCUT2D eigenvalue weighted by atomic mass is 10.1. The molecule has 1 aromatic carbocycles. The highest BCUT2D eigenvalue weighted by Gasteiger charge is 2.17. The summed E-state index contributed by atoms with van der Waals surface area (Å²) in [5, 5.41) is 0. The lowest BCUT2D eigenvalue weighted by Gasteiger charge is -1.98. The van der Waals surface area contributed by atoms with E-state index in [2.05, 4.69) is 4.79 Å². The molecule has 0 spiro atoms. The number of hydrogen-bond donors (Lipinski definition) is 0. The predicted molar refractivity (Wildman–Crippen MR) is 51.4 cm³/mol. The number of carbonyl (C=O) groups is 1. The summed E-state index contributed by atoms with van der Waals surface area (Å²) in [7, 11) is 1.56. The Bertz CT molecular complexity index is 389. The quantitative estimate of drug-likeness (QED) is 0.409. The summed E-state index contributed by atoms with van der Waals surface area (Å²) < 4.78 is 4.96. The Hall–Kier alpha value is -1.93. The van der Waals surface area contributed by atoms with Crippen molar-refractivity contribution >= 4 is 11.5 Å². The van der Waals surface area contributed by atoms with Gasteiger partial charge in [-0.25, -0.2) is 0 Å². The van der Waals surface area contributed by atoms with E-state index in [1.165, 1.54) is 6.92 Å². The fraction of sp³-hybridized carbons (Fsp3) is 0.200. The zero-order chi connectivity index (χ0) is 10.6. The summed E-state index contributed by atoms with van der Waals surface area (Å²) in [6.07, 6.45) is 0. The molecule has 1 aromatic rings. The van der Waals surface area contributed by atoms with Crippen LogP contribution in [0.4, 0.5) is 0 Å². The molecule has 0 fully saturated rings. The monoisotopic (exact) mass is 190 g/mol. The summed E-state index contributed by atoms with van der Waals surface area (Å²) in [4.78, 5) is 13.9. The number of ketones is 1. The molecular formula is C10H10N2O2. The van der Waals surface area contributed by atoms with Gasteiger partial charge in [-0.1, -0.05) is 0 Å². The molecule has 0 saturated carbocycles. The van der Waals surface area contributed by atoms with E-state index in [0.717, 1.165) is 0 Å². The standard InChI is InChI=1S/C10H10N2O2/c1-7(13)10(12-11)8-3-5-9(14-2)6-4-8/h3-6H,1-2H3. The van der Waals surface area contributed by atoms with E-state index in [1.807, 2.05) is 0 Å². The largest absolute Gasteiger partial charge is 0.497 e. The average Bonchev–Trinajstić information content (AvgIpc) is 2.19. The van der Waals surface area contributed by atoms with Crippen LogP contribution in [0.5, 0.6) is 5.75 Å². The maximum Gasteiger partial charge on any atom is 0.364 e.